The van der Waals surface area contributed by atoms with E-state index in [4.69, 9.17) is 11.6 Å². The zero-order chi connectivity index (χ0) is 9.42. The zero-order valence-electron chi connectivity index (χ0n) is 7.33. The highest BCUT2D eigenvalue weighted by Crippen LogP contribution is 2.39. The topological polar surface area (TPSA) is 29.4 Å². The molecular formula is C10H10ClNO. The van der Waals surface area contributed by atoms with Crippen LogP contribution in [0.3, 0.4) is 0 Å². The van der Waals surface area contributed by atoms with Crippen molar-refractivity contribution in [3.63, 3.8) is 0 Å². The molecule has 2 unspecified atom stereocenters. The monoisotopic (exact) mass is 195 g/mol. The average Bonchev–Trinajstić information content (AvgIpc) is 2.45. The van der Waals surface area contributed by atoms with E-state index in [1.165, 1.54) is 11.1 Å². The number of rotatable bonds is 1. The molecule has 3 heteroatoms. The molecule has 0 amide bonds. The molecule has 2 atom stereocenters. The van der Waals surface area contributed by atoms with Crippen molar-refractivity contribution in [2.75, 3.05) is 0 Å². The number of alkyl halides is 1. The van der Waals surface area contributed by atoms with Gasteiger partial charge in [0.15, 0.2) is 0 Å². The van der Waals surface area contributed by atoms with Crippen LogP contribution < -0.4 is 0 Å². The smallest absolute Gasteiger partial charge is 0.116 e. The van der Waals surface area contributed by atoms with Gasteiger partial charge in [-0.2, -0.15) is 4.91 Å². The van der Waals surface area contributed by atoms with Crippen molar-refractivity contribution < 1.29 is 0 Å². The lowest BCUT2D eigenvalue weighted by atomic mass is 10.1. The van der Waals surface area contributed by atoms with E-state index in [0.29, 0.717) is 6.42 Å². The SMILES string of the molecule is Cc1cccc2c1CC(N=O)C2Cl. The first kappa shape index (κ1) is 8.70. The summed E-state index contributed by atoms with van der Waals surface area (Å²) in [4.78, 5) is 10.5. The molecule has 1 aliphatic rings. The number of fused-ring (bicyclic) bond motifs is 1. The van der Waals surface area contributed by atoms with Gasteiger partial charge in [-0.25, -0.2) is 0 Å². The van der Waals surface area contributed by atoms with Crippen molar-refractivity contribution in [1.82, 2.24) is 0 Å². The Balaban J connectivity index is 2.49. The maximum Gasteiger partial charge on any atom is 0.116 e. The van der Waals surface area contributed by atoms with Crippen molar-refractivity contribution in [1.29, 1.82) is 0 Å². The van der Waals surface area contributed by atoms with Crippen molar-refractivity contribution in [3.05, 3.63) is 39.8 Å². The Morgan fingerprint density at radius 2 is 2.31 bits per heavy atom. The highest BCUT2D eigenvalue weighted by molar-refractivity contribution is 6.21. The summed E-state index contributed by atoms with van der Waals surface area (Å²) in [6, 6.07) is 5.70. The van der Waals surface area contributed by atoms with Gasteiger partial charge in [0.1, 0.15) is 6.04 Å². The number of hydrogen-bond acceptors (Lipinski definition) is 2. The van der Waals surface area contributed by atoms with Crippen LogP contribution in [-0.4, -0.2) is 6.04 Å². The summed E-state index contributed by atoms with van der Waals surface area (Å²) in [6.45, 7) is 2.04. The number of aryl methyl sites for hydroxylation is 1. The molecule has 0 saturated carbocycles. The largest absolute Gasteiger partial charge is 0.150 e. The third-order valence-electron chi connectivity index (χ3n) is 2.63. The summed E-state index contributed by atoms with van der Waals surface area (Å²) in [5, 5.41) is 2.81. The fraction of sp³-hybridized carbons (Fsp3) is 0.400. The lowest BCUT2D eigenvalue weighted by Crippen LogP contribution is -2.04. The summed E-state index contributed by atoms with van der Waals surface area (Å²) in [5.74, 6) is 0. The quantitative estimate of drug-likeness (QED) is 0.501. The molecular weight excluding hydrogens is 186 g/mol. The molecule has 0 aliphatic heterocycles. The van der Waals surface area contributed by atoms with E-state index in [1.807, 2.05) is 25.1 Å². The van der Waals surface area contributed by atoms with Crippen molar-refractivity contribution >= 4 is 11.6 Å². The summed E-state index contributed by atoms with van der Waals surface area (Å²) < 4.78 is 0. The van der Waals surface area contributed by atoms with Crippen LogP contribution in [0.25, 0.3) is 0 Å². The van der Waals surface area contributed by atoms with E-state index >= 15 is 0 Å². The Labute approximate surface area is 81.9 Å². The van der Waals surface area contributed by atoms with E-state index in [-0.39, 0.29) is 11.4 Å². The van der Waals surface area contributed by atoms with Gasteiger partial charge in [-0.05, 0) is 23.6 Å². The standard InChI is InChI=1S/C10H10ClNO/c1-6-3-2-4-7-8(6)5-9(12-13)10(7)11/h2-4,9-10H,5H2,1H3. The molecule has 0 saturated heterocycles. The molecule has 1 aliphatic carbocycles. The predicted molar refractivity (Wildman–Crippen MR) is 53.1 cm³/mol. The van der Waals surface area contributed by atoms with E-state index < -0.39 is 0 Å². The van der Waals surface area contributed by atoms with Crippen LogP contribution in [0.4, 0.5) is 0 Å². The van der Waals surface area contributed by atoms with Gasteiger partial charge < -0.3 is 0 Å². The highest BCUT2D eigenvalue weighted by atomic mass is 35.5. The first-order valence-corrected chi connectivity index (χ1v) is 4.72. The summed E-state index contributed by atoms with van der Waals surface area (Å²) in [5.41, 5.74) is 3.48. The van der Waals surface area contributed by atoms with Crippen LogP contribution in [-0.2, 0) is 6.42 Å². The van der Waals surface area contributed by atoms with Crippen molar-refractivity contribution in [2.45, 2.75) is 24.8 Å². The minimum atomic E-state index is -0.280. The fourth-order valence-corrected chi connectivity index (χ4v) is 2.21. The lowest BCUT2D eigenvalue weighted by molar-refractivity contribution is 0.697. The van der Waals surface area contributed by atoms with Gasteiger partial charge in [0, 0.05) is 6.42 Å². The van der Waals surface area contributed by atoms with Crippen molar-refractivity contribution in [2.24, 2.45) is 5.18 Å². The minimum absolute atomic E-state index is 0.229. The predicted octanol–water partition coefficient (Wildman–Crippen LogP) is 2.97. The molecule has 0 spiro atoms. The third kappa shape index (κ3) is 1.25. The van der Waals surface area contributed by atoms with Crippen LogP contribution >= 0.6 is 11.6 Å². The Morgan fingerprint density at radius 1 is 1.54 bits per heavy atom. The maximum absolute atomic E-state index is 10.5. The Hall–Kier alpha value is -0.890. The van der Waals surface area contributed by atoms with Gasteiger partial charge >= 0.3 is 0 Å². The molecule has 13 heavy (non-hydrogen) atoms. The van der Waals surface area contributed by atoms with Gasteiger partial charge in [-0.15, -0.1) is 11.6 Å². The minimum Gasteiger partial charge on any atom is -0.150 e. The third-order valence-corrected chi connectivity index (χ3v) is 3.16. The van der Waals surface area contributed by atoms with Crippen LogP contribution in [0, 0.1) is 11.8 Å². The first-order valence-electron chi connectivity index (χ1n) is 4.29. The Morgan fingerprint density at radius 3 is 2.92 bits per heavy atom. The molecule has 2 rings (SSSR count). The molecule has 0 aromatic heterocycles. The maximum atomic E-state index is 10.5. The molecule has 1 aromatic rings. The molecule has 0 bridgehead atoms. The number of nitrogens with zero attached hydrogens (tertiary/aromatic N) is 1. The van der Waals surface area contributed by atoms with E-state index in [1.54, 1.807) is 0 Å². The molecule has 0 radical (unpaired) electrons. The molecule has 68 valence electrons. The average molecular weight is 196 g/mol. The van der Waals surface area contributed by atoms with Crippen LogP contribution in [0.1, 0.15) is 22.1 Å². The lowest BCUT2D eigenvalue weighted by Gasteiger charge is -2.04. The molecule has 2 nitrogen and oxygen atoms in total. The van der Waals surface area contributed by atoms with Crippen LogP contribution in [0.2, 0.25) is 0 Å². The Bertz CT molecular complexity index is 351. The number of benzene rings is 1. The summed E-state index contributed by atoms with van der Waals surface area (Å²) in [7, 11) is 0. The Kier molecular flexibility index (Phi) is 2.08. The van der Waals surface area contributed by atoms with Gasteiger partial charge in [0.05, 0.1) is 5.38 Å². The first-order chi connectivity index (χ1) is 6.24. The van der Waals surface area contributed by atoms with Crippen LogP contribution in [0.5, 0.6) is 0 Å². The highest BCUT2D eigenvalue weighted by Gasteiger charge is 2.32. The second-order valence-electron chi connectivity index (χ2n) is 3.42. The van der Waals surface area contributed by atoms with Crippen molar-refractivity contribution in [3.8, 4) is 0 Å². The van der Waals surface area contributed by atoms with E-state index in [0.717, 1.165) is 5.56 Å². The second-order valence-corrected chi connectivity index (χ2v) is 3.89. The van der Waals surface area contributed by atoms with Gasteiger partial charge in [-0.3, -0.25) is 0 Å². The molecule has 0 heterocycles. The van der Waals surface area contributed by atoms with E-state index in [9.17, 15) is 4.91 Å². The number of nitroso groups, excluding NO2 is 1. The fourth-order valence-electron chi connectivity index (χ4n) is 1.87. The zero-order valence-corrected chi connectivity index (χ0v) is 8.08. The summed E-state index contributed by atoms with van der Waals surface area (Å²) in [6.07, 6.45) is 0.694. The molecule has 0 N–H and O–H groups in total. The number of hydrogen-bond donors (Lipinski definition) is 0. The van der Waals surface area contributed by atoms with Gasteiger partial charge in [-0.1, -0.05) is 23.4 Å². The summed E-state index contributed by atoms with van der Waals surface area (Å²) >= 11 is 6.09. The van der Waals surface area contributed by atoms with E-state index in [2.05, 4.69) is 5.18 Å². The normalized spacial score (nSPS) is 25.7. The molecule has 1 aromatic carbocycles. The molecule has 0 fully saturated rings. The van der Waals surface area contributed by atoms with Crippen LogP contribution in [0.15, 0.2) is 23.4 Å². The number of halogens is 1. The second kappa shape index (κ2) is 3.11. The van der Waals surface area contributed by atoms with Gasteiger partial charge in [0.25, 0.3) is 0 Å². The van der Waals surface area contributed by atoms with Gasteiger partial charge in [0.2, 0.25) is 0 Å².